The van der Waals surface area contributed by atoms with Gasteiger partial charge in [0, 0.05) is 17.7 Å². The van der Waals surface area contributed by atoms with Crippen molar-refractivity contribution in [3.63, 3.8) is 0 Å². The molecule has 2 aromatic heterocycles. The zero-order valence-corrected chi connectivity index (χ0v) is 17.0. The van der Waals surface area contributed by atoms with Gasteiger partial charge in [-0.15, -0.1) is 0 Å². The van der Waals surface area contributed by atoms with Gasteiger partial charge in [-0.2, -0.15) is 4.98 Å². The van der Waals surface area contributed by atoms with Crippen LogP contribution in [0.2, 0.25) is 0 Å². The number of anilines is 2. The molecule has 1 amide bonds. The summed E-state index contributed by atoms with van der Waals surface area (Å²) in [5, 5.41) is 23.2. The molecule has 14 heteroatoms. The van der Waals surface area contributed by atoms with Crippen LogP contribution in [0.3, 0.4) is 0 Å². The minimum Gasteiger partial charge on any atom is -0.481 e. The van der Waals surface area contributed by atoms with Crippen LogP contribution in [0.25, 0.3) is 11.2 Å². The van der Waals surface area contributed by atoms with Gasteiger partial charge in [-0.3, -0.25) is 19.4 Å². The molecule has 174 valence electrons. The Kier molecular flexibility index (Phi) is 7.95. The minimum atomic E-state index is -1.31. The van der Waals surface area contributed by atoms with Crippen molar-refractivity contribution in [2.75, 3.05) is 11.1 Å². The summed E-state index contributed by atoms with van der Waals surface area (Å²) < 4.78 is 0. The fourth-order valence-electron chi connectivity index (χ4n) is 2.75. The number of hydrogen-bond acceptors (Lipinski definition) is 9. The maximum Gasteiger partial charge on any atom is 0.326 e. The third-order valence-electron chi connectivity index (χ3n) is 4.36. The van der Waals surface area contributed by atoms with E-state index in [9.17, 15) is 19.2 Å². The van der Waals surface area contributed by atoms with Crippen molar-refractivity contribution in [2.45, 2.75) is 25.4 Å². The summed E-state index contributed by atoms with van der Waals surface area (Å²) in [7, 11) is 0. The van der Waals surface area contributed by atoms with E-state index >= 15 is 0 Å². The molecule has 0 saturated heterocycles. The molecule has 0 aliphatic rings. The number of carbonyl (C=O) groups excluding carboxylic acids is 1. The average Bonchev–Trinajstić information content (AvgIpc) is 2.75. The van der Waals surface area contributed by atoms with Crippen LogP contribution in [0.15, 0.2) is 35.3 Å². The van der Waals surface area contributed by atoms with Crippen LogP contribution in [-0.2, 0) is 16.1 Å². The van der Waals surface area contributed by atoms with Crippen LogP contribution in [0.4, 0.5) is 11.6 Å². The Morgan fingerprint density at radius 2 is 1.82 bits per heavy atom. The van der Waals surface area contributed by atoms with E-state index in [1.807, 2.05) is 0 Å². The number of aromatic amines is 1. The number of benzene rings is 1. The number of carboxylic acid groups (broad SMARTS) is 2. The van der Waals surface area contributed by atoms with E-state index in [-0.39, 0.29) is 47.5 Å². The lowest BCUT2D eigenvalue weighted by Gasteiger charge is -2.14. The average molecular weight is 459 g/mol. The number of carboxylic acids is 2. The number of H-pyrrole nitrogens is 1. The van der Waals surface area contributed by atoms with Crippen molar-refractivity contribution in [1.82, 2.24) is 25.3 Å². The second-order valence-electron chi connectivity index (χ2n) is 6.71. The summed E-state index contributed by atoms with van der Waals surface area (Å²) >= 11 is 0. The number of rotatable bonds is 9. The number of hydrogen-bond donors (Lipinski definition) is 6. The lowest BCUT2D eigenvalue weighted by Crippen LogP contribution is -2.41. The number of nitrogens with one attached hydrogen (secondary N) is 3. The quantitative estimate of drug-likeness (QED) is 0.229. The molecule has 0 aliphatic carbocycles. The predicted molar refractivity (Wildman–Crippen MR) is 116 cm³/mol. The Balaban J connectivity index is 0.00000385. The van der Waals surface area contributed by atoms with E-state index < -0.39 is 29.4 Å². The molecule has 0 spiro atoms. The molecule has 33 heavy (non-hydrogen) atoms. The van der Waals surface area contributed by atoms with Crippen LogP contribution >= 0.6 is 0 Å². The van der Waals surface area contributed by atoms with E-state index in [4.69, 9.17) is 15.9 Å². The summed E-state index contributed by atoms with van der Waals surface area (Å²) in [5.41, 5.74) is 6.47. The Hall–Kier alpha value is -4.59. The van der Waals surface area contributed by atoms with Gasteiger partial charge >= 0.3 is 11.9 Å². The molecule has 9 N–H and O–H groups in total. The highest BCUT2D eigenvalue weighted by Gasteiger charge is 2.21. The van der Waals surface area contributed by atoms with Gasteiger partial charge in [0.15, 0.2) is 11.2 Å². The first-order valence-electron chi connectivity index (χ1n) is 9.33. The largest absolute Gasteiger partial charge is 0.481 e. The molecule has 0 bridgehead atoms. The van der Waals surface area contributed by atoms with Crippen molar-refractivity contribution >= 4 is 40.6 Å². The highest BCUT2D eigenvalue weighted by Crippen LogP contribution is 2.12. The van der Waals surface area contributed by atoms with Gasteiger partial charge in [0.05, 0.1) is 18.4 Å². The highest BCUT2D eigenvalue weighted by atomic mass is 16.4. The summed E-state index contributed by atoms with van der Waals surface area (Å²) in [6.45, 7) is 0.231. The van der Waals surface area contributed by atoms with Gasteiger partial charge in [0.1, 0.15) is 6.04 Å². The third kappa shape index (κ3) is 6.44. The van der Waals surface area contributed by atoms with Crippen molar-refractivity contribution < 1.29 is 30.1 Å². The standard InChI is InChI=1S/C19H19N7O6.H2O/c20-19-25-15-14(17(30)26-19)23-11(8-22-15)7-21-10-3-1-9(2-4-10)16(29)24-12(18(31)32)5-6-13(27)28;/h1-4,8,12,21H,5-7H2,(H,24,29)(H,27,28)(H,31,32)(H3,20,22,25,26,30);1H2. The number of carbonyl (C=O) groups is 3. The van der Waals surface area contributed by atoms with Crippen molar-refractivity contribution in [1.29, 1.82) is 0 Å². The van der Waals surface area contributed by atoms with Gasteiger partial charge < -0.3 is 32.1 Å². The van der Waals surface area contributed by atoms with Crippen molar-refractivity contribution in [2.24, 2.45) is 0 Å². The van der Waals surface area contributed by atoms with Crippen LogP contribution < -0.4 is 21.9 Å². The Bertz CT molecular complexity index is 1230. The number of aliphatic carboxylic acids is 2. The number of fused-ring (bicyclic) bond motifs is 1. The second-order valence-corrected chi connectivity index (χ2v) is 6.71. The smallest absolute Gasteiger partial charge is 0.326 e. The molecule has 3 aromatic rings. The lowest BCUT2D eigenvalue weighted by molar-refractivity contribution is -0.140. The topological polar surface area (TPSA) is 245 Å². The maximum absolute atomic E-state index is 12.3. The molecular weight excluding hydrogens is 438 g/mol. The number of amides is 1. The molecule has 0 aliphatic heterocycles. The molecule has 0 fully saturated rings. The Labute approximate surface area is 185 Å². The molecule has 1 atom stereocenters. The van der Waals surface area contributed by atoms with Crippen molar-refractivity contribution in [3.8, 4) is 0 Å². The zero-order valence-electron chi connectivity index (χ0n) is 17.0. The number of nitrogens with zero attached hydrogens (tertiary/aromatic N) is 3. The monoisotopic (exact) mass is 459 g/mol. The zero-order chi connectivity index (χ0) is 23.3. The molecule has 0 radical (unpaired) electrons. The molecule has 14 nitrogen and oxygen atoms in total. The first-order valence-corrected chi connectivity index (χ1v) is 9.33. The number of aromatic nitrogens is 4. The summed E-state index contributed by atoms with van der Waals surface area (Å²) in [6.07, 6.45) is 0.840. The second kappa shape index (κ2) is 10.6. The minimum absolute atomic E-state index is 0. The van der Waals surface area contributed by atoms with Crippen LogP contribution in [0.5, 0.6) is 0 Å². The molecule has 2 heterocycles. The lowest BCUT2D eigenvalue weighted by atomic mass is 10.1. The highest BCUT2D eigenvalue weighted by molar-refractivity contribution is 5.96. The van der Waals surface area contributed by atoms with Gasteiger partial charge in [0.2, 0.25) is 5.95 Å². The fourth-order valence-corrected chi connectivity index (χ4v) is 2.75. The van der Waals surface area contributed by atoms with E-state index in [0.717, 1.165) is 0 Å². The first kappa shape index (κ1) is 24.7. The molecule has 3 rings (SSSR count). The van der Waals surface area contributed by atoms with E-state index in [1.165, 1.54) is 18.3 Å². The normalized spacial score (nSPS) is 11.3. The Morgan fingerprint density at radius 3 is 2.45 bits per heavy atom. The summed E-state index contributed by atoms with van der Waals surface area (Å²) in [5.74, 6) is -3.16. The van der Waals surface area contributed by atoms with E-state index in [0.29, 0.717) is 11.4 Å². The molecule has 1 unspecified atom stereocenters. The number of nitrogens with two attached hydrogens (primary N) is 1. The van der Waals surface area contributed by atoms with Gasteiger partial charge in [-0.1, -0.05) is 0 Å². The van der Waals surface area contributed by atoms with E-state index in [1.54, 1.807) is 12.1 Å². The summed E-state index contributed by atoms with van der Waals surface area (Å²) in [6, 6.07) is 4.86. The Morgan fingerprint density at radius 1 is 1.12 bits per heavy atom. The van der Waals surface area contributed by atoms with Crippen LogP contribution in [0, 0.1) is 0 Å². The maximum atomic E-state index is 12.3. The van der Waals surface area contributed by atoms with Gasteiger partial charge in [-0.25, -0.2) is 14.8 Å². The molecule has 1 aromatic carbocycles. The third-order valence-corrected chi connectivity index (χ3v) is 4.36. The van der Waals surface area contributed by atoms with Crippen LogP contribution in [0.1, 0.15) is 28.9 Å². The van der Waals surface area contributed by atoms with Crippen molar-refractivity contribution in [3.05, 3.63) is 52.1 Å². The van der Waals surface area contributed by atoms with E-state index in [2.05, 4.69) is 30.6 Å². The van der Waals surface area contributed by atoms with Gasteiger partial charge in [-0.05, 0) is 30.7 Å². The van der Waals surface area contributed by atoms with Gasteiger partial charge in [0.25, 0.3) is 11.5 Å². The van der Waals surface area contributed by atoms with Crippen LogP contribution in [-0.4, -0.2) is 59.5 Å². The molecular formula is C19H21N7O7. The summed E-state index contributed by atoms with van der Waals surface area (Å²) in [4.78, 5) is 60.6. The molecule has 0 saturated carbocycles. The fraction of sp³-hybridized carbons (Fsp3) is 0.211. The first-order chi connectivity index (χ1) is 15.2. The predicted octanol–water partition coefficient (Wildman–Crippen LogP) is -0.869. The SMILES string of the molecule is Nc1nc2ncc(CNc3ccc(C(=O)NC(CCC(=O)O)C(=O)O)cc3)nc2c(=O)[nH]1.O. The number of nitrogen functional groups attached to an aromatic ring is 1.